The fraction of sp³-hybridized carbons (Fsp3) is 0.364. The maximum Gasteiger partial charge on any atom is 0.178 e. The highest BCUT2D eigenvalue weighted by Gasteiger charge is 2.20. The molecule has 1 aliphatic heterocycles. The predicted octanol–water partition coefficient (Wildman–Crippen LogP) is 3.31. The number of fused-ring (bicyclic) bond motifs is 1. The van der Waals surface area contributed by atoms with E-state index in [2.05, 4.69) is 9.55 Å². The van der Waals surface area contributed by atoms with Crippen LogP contribution in [-0.2, 0) is 4.74 Å². The van der Waals surface area contributed by atoms with Gasteiger partial charge < -0.3 is 14.3 Å². The van der Waals surface area contributed by atoms with Crippen molar-refractivity contribution in [3.8, 4) is 0 Å². The molecule has 0 spiro atoms. The smallest absolute Gasteiger partial charge is 0.178 e. The number of hydrogen-bond donors (Lipinski definition) is 1. The molecule has 84 valence electrons. The highest BCUT2D eigenvalue weighted by molar-refractivity contribution is 7.71. The van der Waals surface area contributed by atoms with E-state index in [0.29, 0.717) is 6.04 Å². The quantitative estimate of drug-likeness (QED) is 0.792. The summed E-state index contributed by atoms with van der Waals surface area (Å²) in [6.45, 7) is 1.54. The average Bonchev–Trinajstić information content (AvgIpc) is 2.83. The Hall–Kier alpha value is -0.840. The zero-order valence-electron chi connectivity index (χ0n) is 8.57. The van der Waals surface area contributed by atoms with Gasteiger partial charge in [-0.3, -0.25) is 0 Å². The molecule has 1 aliphatic rings. The summed E-state index contributed by atoms with van der Waals surface area (Å²) >= 11 is 11.4. The summed E-state index contributed by atoms with van der Waals surface area (Å²) in [5.41, 5.74) is 2.09. The largest absolute Gasteiger partial charge is 0.379 e. The summed E-state index contributed by atoms with van der Waals surface area (Å²) in [5.74, 6) is 0. The summed E-state index contributed by atoms with van der Waals surface area (Å²) in [5, 5.41) is 0.731. The molecule has 1 atom stereocenters. The summed E-state index contributed by atoms with van der Waals surface area (Å²) in [4.78, 5) is 3.19. The summed E-state index contributed by atoms with van der Waals surface area (Å²) in [7, 11) is 0. The number of nitrogens with one attached hydrogen (secondary N) is 1. The Labute approximate surface area is 103 Å². The van der Waals surface area contributed by atoms with E-state index < -0.39 is 0 Å². The molecule has 0 aliphatic carbocycles. The molecule has 2 heterocycles. The molecule has 1 aromatic heterocycles. The standard InChI is InChI=1S/C11H11ClN2OS/c12-7-1-2-9-10(5-7)14(11(16)13-9)8-3-4-15-6-8/h1-2,5,8H,3-4,6H2,(H,13,16). The molecule has 0 bridgehead atoms. The number of ether oxygens (including phenoxy) is 1. The van der Waals surface area contributed by atoms with Crippen LogP contribution in [0.3, 0.4) is 0 Å². The van der Waals surface area contributed by atoms with Crippen molar-refractivity contribution in [1.29, 1.82) is 0 Å². The second kappa shape index (κ2) is 3.87. The maximum absolute atomic E-state index is 6.01. The lowest BCUT2D eigenvalue weighted by Gasteiger charge is -2.10. The molecule has 0 radical (unpaired) electrons. The number of benzene rings is 1. The van der Waals surface area contributed by atoms with E-state index in [4.69, 9.17) is 28.6 Å². The third kappa shape index (κ3) is 1.57. The van der Waals surface area contributed by atoms with E-state index in [1.54, 1.807) is 0 Å². The first-order valence-electron chi connectivity index (χ1n) is 5.23. The number of aromatic amines is 1. The summed E-state index contributed by atoms with van der Waals surface area (Å²) in [6.07, 6.45) is 1.01. The van der Waals surface area contributed by atoms with Gasteiger partial charge in [-0.15, -0.1) is 0 Å². The molecular formula is C11H11ClN2OS. The van der Waals surface area contributed by atoms with Crippen molar-refractivity contribution in [1.82, 2.24) is 9.55 Å². The van der Waals surface area contributed by atoms with Crippen molar-refractivity contribution >= 4 is 34.9 Å². The van der Waals surface area contributed by atoms with Crippen LogP contribution < -0.4 is 0 Å². The Balaban J connectivity index is 2.25. The molecule has 0 amide bonds. The summed E-state index contributed by atoms with van der Waals surface area (Å²) < 4.78 is 8.26. The van der Waals surface area contributed by atoms with Gasteiger partial charge in [0.25, 0.3) is 0 Å². The molecule has 1 fully saturated rings. The molecule has 3 rings (SSSR count). The normalized spacial score (nSPS) is 20.7. The van der Waals surface area contributed by atoms with Gasteiger partial charge in [-0.05, 0) is 36.8 Å². The van der Waals surface area contributed by atoms with Crippen LogP contribution in [0.15, 0.2) is 18.2 Å². The Morgan fingerprint density at radius 3 is 3.12 bits per heavy atom. The van der Waals surface area contributed by atoms with Gasteiger partial charge >= 0.3 is 0 Å². The number of halogens is 1. The molecule has 1 unspecified atom stereocenters. The minimum atomic E-state index is 0.333. The third-order valence-electron chi connectivity index (χ3n) is 2.95. The average molecular weight is 255 g/mol. The lowest BCUT2D eigenvalue weighted by molar-refractivity contribution is 0.187. The number of H-pyrrole nitrogens is 1. The SMILES string of the molecule is S=c1[nH]c2ccc(Cl)cc2n1C1CCOC1. The van der Waals surface area contributed by atoms with Gasteiger partial charge in [-0.1, -0.05) is 11.6 Å². The Morgan fingerprint density at radius 1 is 1.50 bits per heavy atom. The van der Waals surface area contributed by atoms with Gasteiger partial charge in [-0.2, -0.15) is 0 Å². The number of nitrogens with zero attached hydrogens (tertiary/aromatic N) is 1. The first kappa shape index (κ1) is 10.3. The van der Waals surface area contributed by atoms with E-state index in [1.165, 1.54) is 0 Å². The van der Waals surface area contributed by atoms with E-state index in [9.17, 15) is 0 Å². The zero-order chi connectivity index (χ0) is 11.1. The number of aromatic nitrogens is 2. The van der Waals surface area contributed by atoms with E-state index in [0.717, 1.165) is 40.5 Å². The molecule has 2 aromatic rings. The minimum Gasteiger partial charge on any atom is -0.379 e. The van der Waals surface area contributed by atoms with Crippen molar-refractivity contribution in [3.05, 3.63) is 28.0 Å². The fourth-order valence-corrected chi connectivity index (χ4v) is 2.71. The van der Waals surface area contributed by atoms with Gasteiger partial charge in [-0.25, -0.2) is 0 Å². The fourth-order valence-electron chi connectivity index (χ4n) is 2.18. The number of rotatable bonds is 1. The van der Waals surface area contributed by atoms with Crippen molar-refractivity contribution in [2.75, 3.05) is 13.2 Å². The van der Waals surface area contributed by atoms with Crippen LogP contribution in [0, 0.1) is 4.77 Å². The van der Waals surface area contributed by atoms with Crippen LogP contribution in [-0.4, -0.2) is 22.8 Å². The van der Waals surface area contributed by atoms with Gasteiger partial charge in [0.1, 0.15) is 0 Å². The third-order valence-corrected chi connectivity index (χ3v) is 3.48. The van der Waals surface area contributed by atoms with Gasteiger partial charge in [0.2, 0.25) is 0 Å². The summed E-state index contributed by atoms with van der Waals surface area (Å²) in [6, 6.07) is 6.10. The van der Waals surface area contributed by atoms with Crippen LogP contribution in [0.1, 0.15) is 12.5 Å². The van der Waals surface area contributed by atoms with E-state index >= 15 is 0 Å². The van der Waals surface area contributed by atoms with Crippen LogP contribution in [0.2, 0.25) is 5.02 Å². The van der Waals surface area contributed by atoms with E-state index in [-0.39, 0.29) is 0 Å². The first-order chi connectivity index (χ1) is 7.75. The van der Waals surface area contributed by atoms with Crippen molar-refractivity contribution in [3.63, 3.8) is 0 Å². The van der Waals surface area contributed by atoms with Crippen LogP contribution in [0.5, 0.6) is 0 Å². The molecular weight excluding hydrogens is 244 g/mol. The predicted molar refractivity (Wildman–Crippen MR) is 66.6 cm³/mol. The van der Waals surface area contributed by atoms with Crippen molar-refractivity contribution < 1.29 is 4.74 Å². The zero-order valence-corrected chi connectivity index (χ0v) is 10.1. The molecule has 1 saturated heterocycles. The first-order valence-corrected chi connectivity index (χ1v) is 6.02. The van der Waals surface area contributed by atoms with Crippen LogP contribution >= 0.6 is 23.8 Å². The van der Waals surface area contributed by atoms with E-state index in [1.807, 2.05) is 18.2 Å². The van der Waals surface area contributed by atoms with Crippen LogP contribution in [0.4, 0.5) is 0 Å². The van der Waals surface area contributed by atoms with Crippen molar-refractivity contribution in [2.24, 2.45) is 0 Å². The van der Waals surface area contributed by atoms with Gasteiger partial charge in [0, 0.05) is 11.6 Å². The molecule has 1 N–H and O–H groups in total. The highest BCUT2D eigenvalue weighted by Crippen LogP contribution is 2.26. The second-order valence-electron chi connectivity index (χ2n) is 3.98. The Kier molecular flexibility index (Phi) is 2.50. The van der Waals surface area contributed by atoms with Crippen LogP contribution in [0.25, 0.3) is 11.0 Å². The lowest BCUT2D eigenvalue weighted by Crippen LogP contribution is -2.08. The topological polar surface area (TPSA) is 29.9 Å². The molecule has 0 saturated carbocycles. The lowest BCUT2D eigenvalue weighted by atomic mass is 10.2. The monoisotopic (exact) mass is 254 g/mol. The highest BCUT2D eigenvalue weighted by atomic mass is 35.5. The molecule has 5 heteroatoms. The Morgan fingerprint density at radius 2 is 2.38 bits per heavy atom. The molecule has 3 nitrogen and oxygen atoms in total. The maximum atomic E-state index is 6.01. The molecule has 1 aromatic carbocycles. The number of imidazole rings is 1. The van der Waals surface area contributed by atoms with Crippen molar-refractivity contribution in [2.45, 2.75) is 12.5 Å². The molecule has 16 heavy (non-hydrogen) atoms. The van der Waals surface area contributed by atoms with Gasteiger partial charge in [0.15, 0.2) is 4.77 Å². The second-order valence-corrected chi connectivity index (χ2v) is 4.80. The number of hydrogen-bond acceptors (Lipinski definition) is 2. The minimum absolute atomic E-state index is 0.333. The Bertz CT molecular complexity index is 583. The van der Waals surface area contributed by atoms with Gasteiger partial charge in [0.05, 0.1) is 23.7 Å².